The van der Waals surface area contributed by atoms with Gasteiger partial charge in [0.25, 0.3) is 5.91 Å². The number of pyridine rings is 1. The van der Waals surface area contributed by atoms with Crippen LogP contribution in [0, 0.1) is 5.92 Å². The highest BCUT2D eigenvalue weighted by Crippen LogP contribution is 2.35. The first-order valence-corrected chi connectivity index (χ1v) is 11.1. The standard InChI is InChI=1S/C22H25ClN8O/c1-13-4-8-29(9-5-13)22-15(10-16(23)17-11-25-12-30(17)22)14(2)27-21(32)18-19(24)28-31-7-3-6-26-20(18)31/h3,6-7,10-14H,4-5,8-9H2,1-2H3,(H2,24,28)(H,27,32). The minimum Gasteiger partial charge on any atom is -0.381 e. The number of hydrogen-bond acceptors (Lipinski definition) is 6. The lowest BCUT2D eigenvalue weighted by atomic mass is 9.98. The zero-order valence-electron chi connectivity index (χ0n) is 18.0. The van der Waals surface area contributed by atoms with Gasteiger partial charge in [0, 0.05) is 31.0 Å². The number of carbonyl (C=O) groups excluding carboxylic acids is 1. The third kappa shape index (κ3) is 3.42. The lowest BCUT2D eigenvalue weighted by molar-refractivity contribution is 0.0942. The quantitative estimate of drug-likeness (QED) is 0.492. The van der Waals surface area contributed by atoms with Crippen molar-refractivity contribution in [1.82, 2.24) is 29.3 Å². The summed E-state index contributed by atoms with van der Waals surface area (Å²) in [5.74, 6) is 1.52. The zero-order valence-corrected chi connectivity index (χ0v) is 18.8. The maximum atomic E-state index is 13.2. The van der Waals surface area contributed by atoms with Crippen LogP contribution in [0.2, 0.25) is 5.02 Å². The van der Waals surface area contributed by atoms with Gasteiger partial charge in [-0.2, -0.15) is 0 Å². The molecule has 4 aromatic rings. The SMILES string of the molecule is CC1CCN(c2c(C(C)NC(=O)c3c(N)nn4cccnc34)cc(Cl)c3cncn23)CC1. The Kier molecular flexibility index (Phi) is 5.13. The number of amides is 1. The van der Waals surface area contributed by atoms with Gasteiger partial charge in [0.15, 0.2) is 11.5 Å². The Bertz CT molecular complexity index is 1300. The molecule has 0 saturated carbocycles. The van der Waals surface area contributed by atoms with E-state index in [1.807, 2.05) is 17.4 Å². The molecule has 0 aromatic carbocycles. The number of fused-ring (bicyclic) bond motifs is 2. The van der Waals surface area contributed by atoms with Gasteiger partial charge in [0.2, 0.25) is 0 Å². The fraction of sp³-hybridized carbons (Fsp3) is 0.364. The molecule has 1 atom stereocenters. The minimum absolute atomic E-state index is 0.140. The number of carbonyl (C=O) groups is 1. The zero-order chi connectivity index (χ0) is 22.4. The molecule has 3 N–H and O–H groups in total. The van der Waals surface area contributed by atoms with E-state index in [9.17, 15) is 4.79 Å². The van der Waals surface area contributed by atoms with Gasteiger partial charge in [-0.1, -0.05) is 18.5 Å². The van der Waals surface area contributed by atoms with Crippen molar-refractivity contribution in [2.75, 3.05) is 23.7 Å². The van der Waals surface area contributed by atoms with Crippen LogP contribution in [0.5, 0.6) is 0 Å². The predicted octanol–water partition coefficient (Wildman–Crippen LogP) is 3.34. The number of imidazole rings is 1. The van der Waals surface area contributed by atoms with Crippen molar-refractivity contribution in [2.45, 2.75) is 32.7 Å². The van der Waals surface area contributed by atoms with Crippen LogP contribution < -0.4 is 16.0 Å². The van der Waals surface area contributed by atoms with Crippen molar-refractivity contribution in [3.8, 4) is 0 Å². The monoisotopic (exact) mass is 452 g/mol. The number of anilines is 2. The predicted molar refractivity (Wildman–Crippen MR) is 124 cm³/mol. The van der Waals surface area contributed by atoms with Gasteiger partial charge in [-0.25, -0.2) is 14.5 Å². The number of rotatable bonds is 4. The summed E-state index contributed by atoms with van der Waals surface area (Å²) in [6, 6.07) is 3.33. The van der Waals surface area contributed by atoms with E-state index in [0.717, 1.165) is 42.8 Å². The van der Waals surface area contributed by atoms with Gasteiger partial charge in [-0.05, 0) is 37.8 Å². The summed E-state index contributed by atoms with van der Waals surface area (Å²) in [6.45, 7) is 6.10. The minimum atomic E-state index is -0.334. The topological polar surface area (TPSA) is 106 Å². The molecule has 10 heteroatoms. The van der Waals surface area contributed by atoms with Gasteiger partial charge >= 0.3 is 0 Å². The highest BCUT2D eigenvalue weighted by molar-refractivity contribution is 6.34. The number of halogens is 1. The van der Waals surface area contributed by atoms with E-state index in [1.54, 1.807) is 31.0 Å². The van der Waals surface area contributed by atoms with Crippen molar-refractivity contribution >= 4 is 40.3 Å². The van der Waals surface area contributed by atoms with Crippen LogP contribution in [0.4, 0.5) is 11.6 Å². The summed E-state index contributed by atoms with van der Waals surface area (Å²) in [4.78, 5) is 24.1. The lowest BCUT2D eigenvalue weighted by Crippen LogP contribution is -2.36. The van der Waals surface area contributed by atoms with Crippen LogP contribution in [0.15, 0.2) is 37.1 Å². The molecule has 5 heterocycles. The molecule has 1 aliphatic rings. The van der Waals surface area contributed by atoms with Crippen molar-refractivity contribution in [3.05, 3.63) is 53.2 Å². The van der Waals surface area contributed by atoms with E-state index in [1.165, 1.54) is 4.52 Å². The highest BCUT2D eigenvalue weighted by atomic mass is 35.5. The molecule has 5 rings (SSSR count). The first kappa shape index (κ1) is 20.6. The Hall–Kier alpha value is -3.33. The molecule has 1 saturated heterocycles. The van der Waals surface area contributed by atoms with Crippen molar-refractivity contribution in [3.63, 3.8) is 0 Å². The second-order valence-electron chi connectivity index (χ2n) is 8.43. The van der Waals surface area contributed by atoms with Crippen LogP contribution in [0.1, 0.15) is 48.7 Å². The summed E-state index contributed by atoms with van der Waals surface area (Å²) in [5, 5.41) is 7.85. The summed E-state index contributed by atoms with van der Waals surface area (Å²) in [7, 11) is 0. The molecule has 0 radical (unpaired) electrons. The van der Waals surface area contributed by atoms with E-state index in [0.29, 0.717) is 16.6 Å². The van der Waals surface area contributed by atoms with Crippen LogP contribution in [0.25, 0.3) is 11.2 Å². The second-order valence-corrected chi connectivity index (χ2v) is 8.84. The van der Waals surface area contributed by atoms with Crippen LogP contribution in [-0.4, -0.2) is 43.0 Å². The molecule has 0 bridgehead atoms. The normalized spacial score (nSPS) is 16.0. The fourth-order valence-electron chi connectivity index (χ4n) is 4.40. The Morgan fingerprint density at radius 3 is 2.91 bits per heavy atom. The number of nitrogens with one attached hydrogen (secondary N) is 1. The Balaban J connectivity index is 1.53. The third-order valence-electron chi connectivity index (χ3n) is 6.20. The molecule has 9 nitrogen and oxygen atoms in total. The molecule has 1 fully saturated rings. The van der Waals surface area contributed by atoms with E-state index in [2.05, 4.69) is 32.2 Å². The largest absolute Gasteiger partial charge is 0.381 e. The van der Waals surface area contributed by atoms with Gasteiger partial charge in [0.05, 0.1) is 22.8 Å². The summed E-state index contributed by atoms with van der Waals surface area (Å²) in [6.07, 6.45) is 9.09. The van der Waals surface area contributed by atoms with E-state index < -0.39 is 0 Å². The number of nitrogens with two attached hydrogens (primary N) is 1. The molecular formula is C22H25ClN8O. The third-order valence-corrected chi connectivity index (χ3v) is 6.50. The Morgan fingerprint density at radius 1 is 1.34 bits per heavy atom. The Morgan fingerprint density at radius 2 is 2.12 bits per heavy atom. The van der Waals surface area contributed by atoms with Crippen LogP contribution in [-0.2, 0) is 0 Å². The number of nitrogen functional groups attached to an aromatic ring is 1. The smallest absolute Gasteiger partial charge is 0.259 e. The fourth-order valence-corrected chi connectivity index (χ4v) is 4.65. The highest BCUT2D eigenvalue weighted by Gasteiger charge is 2.27. The van der Waals surface area contributed by atoms with Crippen molar-refractivity contribution in [1.29, 1.82) is 0 Å². The van der Waals surface area contributed by atoms with E-state index in [-0.39, 0.29) is 23.3 Å². The summed E-state index contributed by atoms with van der Waals surface area (Å²) >= 11 is 6.59. The molecule has 1 amide bonds. The number of hydrogen-bond donors (Lipinski definition) is 2. The maximum Gasteiger partial charge on any atom is 0.259 e. The molecule has 0 aliphatic carbocycles. The van der Waals surface area contributed by atoms with Gasteiger partial charge in [-0.3, -0.25) is 9.20 Å². The van der Waals surface area contributed by atoms with Crippen LogP contribution >= 0.6 is 11.6 Å². The van der Waals surface area contributed by atoms with Crippen molar-refractivity contribution in [2.24, 2.45) is 5.92 Å². The molecular weight excluding hydrogens is 428 g/mol. The van der Waals surface area contributed by atoms with Gasteiger partial charge < -0.3 is 16.0 Å². The second kappa shape index (κ2) is 7.98. The van der Waals surface area contributed by atoms with Gasteiger partial charge in [-0.15, -0.1) is 5.10 Å². The molecule has 4 aromatic heterocycles. The molecule has 0 spiro atoms. The number of aromatic nitrogens is 5. The van der Waals surface area contributed by atoms with E-state index >= 15 is 0 Å². The molecule has 1 unspecified atom stereocenters. The first-order valence-electron chi connectivity index (χ1n) is 10.7. The average molecular weight is 453 g/mol. The van der Waals surface area contributed by atoms with E-state index in [4.69, 9.17) is 17.3 Å². The van der Waals surface area contributed by atoms with Gasteiger partial charge in [0.1, 0.15) is 17.7 Å². The van der Waals surface area contributed by atoms with Crippen molar-refractivity contribution < 1.29 is 4.79 Å². The maximum absolute atomic E-state index is 13.2. The summed E-state index contributed by atoms with van der Waals surface area (Å²) in [5.41, 5.74) is 8.49. The number of piperidine rings is 1. The summed E-state index contributed by atoms with van der Waals surface area (Å²) < 4.78 is 3.52. The average Bonchev–Trinajstić information content (AvgIpc) is 3.38. The van der Waals surface area contributed by atoms with Crippen LogP contribution in [0.3, 0.4) is 0 Å². The Labute approximate surface area is 190 Å². The first-order chi connectivity index (χ1) is 15.4. The molecule has 1 aliphatic heterocycles. The number of nitrogens with zero attached hydrogens (tertiary/aromatic N) is 6. The molecule has 32 heavy (non-hydrogen) atoms. The lowest BCUT2D eigenvalue weighted by Gasteiger charge is -2.35. The molecule has 166 valence electrons.